The highest BCUT2D eigenvalue weighted by molar-refractivity contribution is 6.27. The van der Waals surface area contributed by atoms with Crippen LogP contribution in [0.1, 0.15) is 0 Å². The maximum Gasteiger partial charge on any atom is -0.00141 e. The fraction of sp³-hybridized carbons (Fsp3) is 0. The largest absolute Gasteiger partial charge is 0.0622 e. The minimum atomic E-state index is 1.15. The smallest absolute Gasteiger partial charge is 0.00141 e. The van der Waals surface area contributed by atoms with Crippen molar-refractivity contribution in [2.24, 2.45) is 0 Å². The Kier molecular flexibility index (Phi) is 11.8. The van der Waals surface area contributed by atoms with Gasteiger partial charge in [-0.25, -0.2) is 0 Å². The highest BCUT2D eigenvalue weighted by Crippen LogP contribution is 2.54. The fourth-order valence-electron chi connectivity index (χ4n) is 15.6. The average molecular weight is 1160 g/mol. The normalized spacial score (nSPS) is 11.9. The lowest BCUT2D eigenvalue weighted by Gasteiger charge is -2.26. The lowest BCUT2D eigenvalue weighted by atomic mass is 9.77. The van der Waals surface area contributed by atoms with E-state index in [1.54, 1.807) is 0 Å². The van der Waals surface area contributed by atoms with Crippen LogP contribution in [-0.2, 0) is 0 Å². The monoisotopic (exact) mass is 1160 g/mol. The molecule has 0 bridgehead atoms. The summed E-state index contributed by atoms with van der Waals surface area (Å²) >= 11 is 0. The summed E-state index contributed by atoms with van der Waals surface area (Å²) in [6, 6.07) is 128. The molecule has 92 heavy (non-hydrogen) atoms. The first kappa shape index (κ1) is 52.0. The summed E-state index contributed by atoms with van der Waals surface area (Å²) in [7, 11) is 0. The van der Waals surface area contributed by atoms with Gasteiger partial charge in [0.05, 0.1) is 0 Å². The van der Waals surface area contributed by atoms with Gasteiger partial charge in [0, 0.05) is 0 Å². The molecule has 0 unspecified atom stereocenters. The number of rotatable bonds is 7. The third-order valence-corrected chi connectivity index (χ3v) is 19.9. The number of hydrogen-bond acceptors (Lipinski definition) is 0. The van der Waals surface area contributed by atoms with Gasteiger partial charge in [0.1, 0.15) is 0 Å². The van der Waals surface area contributed by atoms with E-state index < -0.39 is 0 Å². The zero-order valence-electron chi connectivity index (χ0n) is 50.3. The first-order valence-electron chi connectivity index (χ1n) is 32.0. The van der Waals surface area contributed by atoms with Crippen molar-refractivity contribution in [1.29, 1.82) is 0 Å². The summed E-state index contributed by atoms with van der Waals surface area (Å²) in [5.41, 5.74) is 16.5. The molecular formula is C92H56. The molecule has 19 rings (SSSR count). The molecule has 0 aliphatic carbocycles. The van der Waals surface area contributed by atoms with E-state index in [0.29, 0.717) is 0 Å². The second-order valence-corrected chi connectivity index (χ2v) is 25.0. The standard InChI is InChI=1S/C92H56/c1-2-16-57(17-3-1)73-27-14-15-28-78(73)69-39-34-62-40-49-84-87(55-63-22-8-13-29-83(63)92(84)85(62)54-69)88-56-86(68-41-45-79-64(50-68)35-30-58-18-4-9-23-74(58)79)89(70-42-46-80-65(51-70)36-31-59-19-5-10-24-75(59)80)91(72-44-48-82-67(53-72)38-33-61-21-7-12-26-77(61)82)90(88)71-43-47-81-66(52-71)37-32-60-20-6-11-25-76(60)81/h1-56H. The zero-order chi connectivity index (χ0) is 60.4. The van der Waals surface area contributed by atoms with Crippen LogP contribution in [0.3, 0.4) is 0 Å². The maximum atomic E-state index is 2.58. The highest BCUT2D eigenvalue weighted by Gasteiger charge is 2.27. The Morgan fingerprint density at radius 1 is 0.120 bits per heavy atom. The Bertz CT molecular complexity index is 6300. The van der Waals surface area contributed by atoms with Gasteiger partial charge in [0.15, 0.2) is 0 Å². The molecule has 0 saturated carbocycles. The van der Waals surface area contributed by atoms with Crippen molar-refractivity contribution in [3.63, 3.8) is 0 Å². The van der Waals surface area contributed by atoms with Gasteiger partial charge in [0.2, 0.25) is 0 Å². The number of fused-ring (bicyclic) bond motifs is 17. The first-order valence-corrected chi connectivity index (χ1v) is 32.0. The lowest BCUT2D eigenvalue weighted by Crippen LogP contribution is -1.99. The van der Waals surface area contributed by atoms with Crippen molar-refractivity contribution in [2.75, 3.05) is 0 Å². The molecule has 0 fully saturated rings. The summed E-state index contributed by atoms with van der Waals surface area (Å²) in [6.45, 7) is 0. The van der Waals surface area contributed by atoms with E-state index in [2.05, 4.69) is 340 Å². The third-order valence-electron chi connectivity index (χ3n) is 19.9. The molecule has 0 aromatic heterocycles. The molecule has 0 radical (unpaired) electrons. The third kappa shape index (κ3) is 8.31. The van der Waals surface area contributed by atoms with Crippen molar-refractivity contribution < 1.29 is 0 Å². The van der Waals surface area contributed by atoms with Gasteiger partial charge in [-0.2, -0.15) is 0 Å². The van der Waals surface area contributed by atoms with E-state index >= 15 is 0 Å². The Hall–Kier alpha value is -12.0. The Morgan fingerprint density at radius 3 is 0.957 bits per heavy atom. The molecule has 0 aliphatic rings. The maximum absolute atomic E-state index is 2.58. The van der Waals surface area contributed by atoms with Crippen LogP contribution in [0.5, 0.6) is 0 Å². The summed E-state index contributed by atoms with van der Waals surface area (Å²) in [5, 5.41) is 27.0. The predicted octanol–water partition coefficient (Wildman–Crippen LogP) is 26.0. The second kappa shape index (κ2) is 20.8. The average Bonchev–Trinajstić information content (AvgIpc) is 0.743. The number of benzene rings is 19. The van der Waals surface area contributed by atoms with Crippen molar-refractivity contribution >= 4 is 118 Å². The fourth-order valence-corrected chi connectivity index (χ4v) is 15.6. The summed E-state index contributed by atoms with van der Waals surface area (Å²) < 4.78 is 0. The molecule has 0 saturated heterocycles. The Labute approximate surface area is 532 Å². The minimum Gasteiger partial charge on any atom is -0.0622 e. The van der Waals surface area contributed by atoms with E-state index in [1.165, 1.54) is 174 Å². The molecule has 0 heteroatoms. The van der Waals surface area contributed by atoms with Crippen LogP contribution >= 0.6 is 0 Å². The van der Waals surface area contributed by atoms with Gasteiger partial charge >= 0.3 is 0 Å². The van der Waals surface area contributed by atoms with Gasteiger partial charge in [0.25, 0.3) is 0 Å². The van der Waals surface area contributed by atoms with E-state index in [4.69, 9.17) is 0 Å². The van der Waals surface area contributed by atoms with E-state index in [-0.39, 0.29) is 0 Å². The van der Waals surface area contributed by atoms with Crippen LogP contribution in [0.25, 0.3) is 196 Å². The molecule has 0 aliphatic heterocycles. The molecule has 424 valence electrons. The minimum absolute atomic E-state index is 1.15. The summed E-state index contributed by atoms with van der Waals surface area (Å²) in [5.74, 6) is 0. The van der Waals surface area contributed by atoms with Crippen molar-refractivity contribution in [3.05, 3.63) is 340 Å². The molecular weight excluding hydrogens is 1110 g/mol. The molecule has 0 N–H and O–H groups in total. The SMILES string of the molecule is c1ccc(-c2ccccc2-c2ccc3ccc4c(-c5cc(-c6ccc7c(ccc8ccccc87)c6)c(-c6ccc7c(ccc8ccccc87)c6)c(-c6ccc7c(ccc8ccccc87)c6)c5-c5ccc6c(ccc7ccccc76)c5)cc5ccccc5c4c3c2)cc1. The van der Waals surface area contributed by atoms with E-state index in [1.807, 2.05) is 0 Å². The molecule has 19 aromatic rings. The molecule has 0 nitrogen and oxygen atoms in total. The van der Waals surface area contributed by atoms with Crippen LogP contribution < -0.4 is 0 Å². The van der Waals surface area contributed by atoms with Gasteiger partial charge in [-0.1, -0.05) is 297 Å². The topological polar surface area (TPSA) is 0 Å². The van der Waals surface area contributed by atoms with Gasteiger partial charge in [-0.15, -0.1) is 0 Å². The quantitative estimate of drug-likeness (QED) is 0.140. The molecule has 0 atom stereocenters. The summed E-state index contributed by atoms with van der Waals surface area (Å²) in [6.07, 6.45) is 0. The van der Waals surface area contributed by atoms with Crippen molar-refractivity contribution in [2.45, 2.75) is 0 Å². The van der Waals surface area contributed by atoms with Crippen LogP contribution in [0.4, 0.5) is 0 Å². The molecule has 0 spiro atoms. The van der Waals surface area contributed by atoms with Gasteiger partial charge in [-0.05, 0) is 239 Å². The molecule has 19 aromatic carbocycles. The van der Waals surface area contributed by atoms with Crippen molar-refractivity contribution in [3.8, 4) is 77.9 Å². The van der Waals surface area contributed by atoms with Crippen LogP contribution in [0.15, 0.2) is 340 Å². The Morgan fingerprint density at radius 2 is 0.435 bits per heavy atom. The van der Waals surface area contributed by atoms with E-state index in [0.717, 1.165) is 22.3 Å². The second-order valence-electron chi connectivity index (χ2n) is 25.0. The summed E-state index contributed by atoms with van der Waals surface area (Å²) in [4.78, 5) is 0. The predicted molar refractivity (Wildman–Crippen MR) is 397 cm³/mol. The van der Waals surface area contributed by atoms with Crippen LogP contribution in [0, 0.1) is 0 Å². The van der Waals surface area contributed by atoms with Crippen molar-refractivity contribution in [1.82, 2.24) is 0 Å². The van der Waals surface area contributed by atoms with Gasteiger partial charge < -0.3 is 0 Å². The first-order chi connectivity index (χ1) is 45.6. The highest BCUT2D eigenvalue weighted by atomic mass is 14.3. The zero-order valence-corrected chi connectivity index (χ0v) is 50.3. The van der Waals surface area contributed by atoms with Crippen LogP contribution in [-0.4, -0.2) is 0 Å². The van der Waals surface area contributed by atoms with Gasteiger partial charge in [-0.3, -0.25) is 0 Å². The number of hydrogen-bond donors (Lipinski definition) is 0. The van der Waals surface area contributed by atoms with Crippen LogP contribution in [0.2, 0.25) is 0 Å². The lowest BCUT2D eigenvalue weighted by molar-refractivity contribution is 1.56. The molecule has 0 heterocycles. The molecule has 0 amide bonds. The van der Waals surface area contributed by atoms with E-state index in [9.17, 15) is 0 Å². The Balaban J connectivity index is 0.991.